The number of nitrogens with one attached hydrogen (secondary N) is 1. The molecule has 0 aliphatic carbocycles. The van der Waals surface area contributed by atoms with Crippen LogP contribution in [0.2, 0.25) is 0 Å². The standard InChI is InChI=1S/C14H12N4O/c1-10-12(2-3-13-16-8-9-18(10)13)17-14(19)11-4-6-15-7-5-11/h2-9H,1H3,(H,17,19). The Hall–Kier alpha value is -2.69. The molecule has 3 rings (SSSR count). The third-order valence-corrected chi connectivity index (χ3v) is 3.01. The van der Waals surface area contributed by atoms with E-state index in [0.29, 0.717) is 5.56 Å². The van der Waals surface area contributed by atoms with Crippen LogP contribution in [0.5, 0.6) is 0 Å². The molecule has 5 heteroatoms. The second kappa shape index (κ2) is 4.53. The number of pyridine rings is 2. The quantitative estimate of drug-likeness (QED) is 0.761. The molecule has 3 aromatic rings. The minimum absolute atomic E-state index is 0.148. The second-order valence-electron chi connectivity index (χ2n) is 4.18. The number of imidazole rings is 1. The van der Waals surface area contributed by atoms with Gasteiger partial charge >= 0.3 is 0 Å². The van der Waals surface area contributed by atoms with Crippen LogP contribution < -0.4 is 5.32 Å². The Balaban J connectivity index is 1.93. The Bertz CT molecular complexity index is 734. The largest absolute Gasteiger partial charge is 0.320 e. The predicted octanol–water partition coefficient (Wildman–Crippen LogP) is 2.29. The zero-order valence-corrected chi connectivity index (χ0v) is 10.4. The number of hydrogen-bond acceptors (Lipinski definition) is 3. The van der Waals surface area contributed by atoms with Crippen LogP contribution in [0.25, 0.3) is 5.65 Å². The van der Waals surface area contributed by atoms with Crippen molar-refractivity contribution in [3.63, 3.8) is 0 Å². The van der Waals surface area contributed by atoms with Gasteiger partial charge in [0.15, 0.2) is 0 Å². The number of hydrogen-bond donors (Lipinski definition) is 1. The van der Waals surface area contributed by atoms with E-state index in [9.17, 15) is 4.79 Å². The molecule has 94 valence electrons. The van der Waals surface area contributed by atoms with Crippen LogP contribution in [-0.2, 0) is 0 Å². The van der Waals surface area contributed by atoms with Crippen LogP contribution in [0, 0.1) is 6.92 Å². The molecule has 3 aromatic heterocycles. The van der Waals surface area contributed by atoms with Gasteiger partial charge in [0.2, 0.25) is 0 Å². The van der Waals surface area contributed by atoms with Gasteiger partial charge in [0.05, 0.1) is 5.69 Å². The molecule has 19 heavy (non-hydrogen) atoms. The summed E-state index contributed by atoms with van der Waals surface area (Å²) in [4.78, 5) is 20.2. The number of rotatable bonds is 2. The lowest BCUT2D eigenvalue weighted by atomic mass is 10.2. The number of aryl methyl sites for hydroxylation is 1. The van der Waals surface area contributed by atoms with Crippen molar-refractivity contribution in [2.75, 3.05) is 5.32 Å². The summed E-state index contributed by atoms with van der Waals surface area (Å²) in [5.41, 5.74) is 3.16. The fraction of sp³-hybridized carbons (Fsp3) is 0.0714. The number of carbonyl (C=O) groups is 1. The van der Waals surface area contributed by atoms with Crippen molar-refractivity contribution in [2.45, 2.75) is 6.92 Å². The average molecular weight is 252 g/mol. The normalized spacial score (nSPS) is 10.6. The lowest BCUT2D eigenvalue weighted by molar-refractivity contribution is 0.102. The molecule has 0 saturated heterocycles. The van der Waals surface area contributed by atoms with E-state index in [-0.39, 0.29) is 5.91 Å². The first-order chi connectivity index (χ1) is 9.25. The van der Waals surface area contributed by atoms with Gasteiger partial charge in [-0.1, -0.05) is 0 Å². The van der Waals surface area contributed by atoms with Crippen LogP contribution >= 0.6 is 0 Å². The first-order valence-corrected chi connectivity index (χ1v) is 5.90. The van der Waals surface area contributed by atoms with E-state index < -0.39 is 0 Å². The highest BCUT2D eigenvalue weighted by molar-refractivity contribution is 6.04. The third-order valence-electron chi connectivity index (χ3n) is 3.01. The monoisotopic (exact) mass is 252 g/mol. The molecule has 0 spiro atoms. The van der Waals surface area contributed by atoms with E-state index >= 15 is 0 Å². The van der Waals surface area contributed by atoms with Crippen LogP contribution in [-0.4, -0.2) is 20.3 Å². The van der Waals surface area contributed by atoms with Gasteiger partial charge in [-0.05, 0) is 31.2 Å². The van der Waals surface area contributed by atoms with E-state index in [1.54, 1.807) is 30.7 Å². The molecule has 3 heterocycles. The number of anilines is 1. The molecule has 0 saturated carbocycles. The number of amides is 1. The van der Waals surface area contributed by atoms with E-state index in [1.807, 2.05) is 29.7 Å². The van der Waals surface area contributed by atoms with Gasteiger partial charge < -0.3 is 9.72 Å². The maximum absolute atomic E-state index is 12.1. The summed E-state index contributed by atoms with van der Waals surface area (Å²) in [7, 11) is 0. The first kappa shape index (κ1) is 11.4. The number of fused-ring (bicyclic) bond motifs is 1. The lowest BCUT2D eigenvalue weighted by Crippen LogP contribution is -2.13. The van der Waals surface area contributed by atoms with E-state index in [1.165, 1.54) is 0 Å². The van der Waals surface area contributed by atoms with Crippen LogP contribution in [0.15, 0.2) is 49.1 Å². The van der Waals surface area contributed by atoms with Gasteiger partial charge in [0, 0.05) is 36.0 Å². The number of carbonyl (C=O) groups excluding carboxylic acids is 1. The first-order valence-electron chi connectivity index (χ1n) is 5.90. The SMILES string of the molecule is Cc1c(NC(=O)c2ccncc2)ccc2nccn12. The summed E-state index contributed by atoms with van der Waals surface area (Å²) in [5.74, 6) is -0.148. The van der Waals surface area contributed by atoms with Gasteiger partial charge in [-0.3, -0.25) is 9.78 Å². The molecule has 1 amide bonds. The highest BCUT2D eigenvalue weighted by atomic mass is 16.1. The van der Waals surface area contributed by atoms with Gasteiger partial charge in [-0.25, -0.2) is 4.98 Å². The van der Waals surface area contributed by atoms with Crippen molar-refractivity contribution >= 4 is 17.2 Å². The predicted molar refractivity (Wildman–Crippen MR) is 72.1 cm³/mol. The molecule has 0 radical (unpaired) electrons. The van der Waals surface area contributed by atoms with Gasteiger partial charge in [0.25, 0.3) is 5.91 Å². The minimum atomic E-state index is -0.148. The van der Waals surface area contributed by atoms with Crippen molar-refractivity contribution in [1.29, 1.82) is 0 Å². The van der Waals surface area contributed by atoms with Crippen molar-refractivity contribution in [1.82, 2.24) is 14.4 Å². The van der Waals surface area contributed by atoms with E-state index in [2.05, 4.69) is 15.3 Å². The molecular formula is C14H12N4O. The van der Waals surface area contributed by atoms with E-state index in [4.69, 9.17) is 0 Å². The zero-order chi connectivity index (χ0) is 13.2. The molecule has 0 atom stereocenters. The zero-order valence-electron chi connectivity index (χ0n) is 10.4. The van der Waals surface area contributed by atoms with Crippen LogP contribution in [0.3, 0.4) is 0 Å². The summed E-state index contributed by atoms with van der Waals surface area (Å²) in [5, 5.41) is 2.89. The fourth-order valence-electron chi connectivity index (χ4n) is 1.96. The van der Waals surface area contributed by atoms with Crippen molar-refractivity contribution in [2.24, 2.45) is 0 Å². The minimum Gasteiger partial charge on any atom is -0.320 e. The Morgan fingerprint density at radius 2 is 1.95 bits per heavy atom. The topological polar surface area (TPSA) is 59.3 Å². The maximum atomic E-state index is 12.1. The third kappa shape index (κ3) is 2.06. The van der Waals surface area contributed by atoms with Gasteiger partial charge in [-0.15, -0.1) is 0 Å². The lowest BCUT2D eigenvalue weighted by Gasteiger charge is -2.10. The maximum Gasteiger partial charge on any atom is 0.255 e. The van der Waals surface area contributed by atoms with Gasteiger partial charge in [-0.2, -0.15) is 0 Å². The molecule has 1 N–H and O–H groups in total. The second-order valence-corrected chi connectivity index (χ2v) is 4.18. The Morgan fingerprint density at radius 1 is 1.16 bits per heavy atom. The van der Waals surface area contributed by atoms with E-state index in [0.717, 1.165) is 17.0 Å². The summed E-state index contributed by atoms with van der Waals surface area (Å²) in [6.45, 7) is 1.94. The summed E-state index contributed by atoms with van der Waals surface area (Å²) in [6.07, 6.45) is 6.80. The molecule has 0 aromatic carbocycles. The fourth-order valence-corrected chi connectivity index (χ4v) is 1.96. The summed E-state index contributed by atoms with van der Waals surface area (Å²) >= 11 is 0. The van der Waals surface area contributed by atoms with Gasteiger partial charge in [0.1, 0.15) is 5.65 Å². The molecule has 0 fully saturated rings. The Morgan fingerprint density at radius 3 is 2.74 bits per heavy atom. The summed E-state index contributed by atoms with van der Waals surface area (Å²) < 4.78 is 1.93. The Kier molecular flexibility index (Phi) is 2.72. The number of nitrogens with zero attached hydrogens (tertiary/aromatic N) is 3. The molecule has 0 aliphatic rings. The van der Waals surface area contributed by atoms with Crippen molar-refractivity contribution in [3.05, 3.63) is 60.3 Å². The average Bonchev–Trinajstić information content (AvgIpc) is 2.92. The highest BCUT2D eigenvalue weighted by Gasteiger charge is 2.09. The highest BCUT2D eigenvalue weighted by Crippen LogP contribution is 2.17. The molecule has 5 nitrogen and oxygen atoms in total. The van der Waals surface area contributed by atoms with Crippen molar-refractivity contribution in [3.8, 4) is 0 Å². The smallest absolute Gasteiger partial charge is 0.255 e. The molecule has 0 unspecified atom stereocenters. The number of aromatic nitrogens is 3. The Labute approximate surface area is 109 Å². The molecular weight excluding hydrogens is 240 g/mol. The molecule has 0 bridgehead atoms. The van der Waals surface area contributed by atoms with Crippen molar-refractivity contribution < 1.29 is 4.79 Å². The molecule has 0 aliphatic heterocycles. The summed E-state index contributed by atoms with van der Waals surface area (Å²) in [6, 6.07) is 7.09. The van der Waals surface area contributed by atoms with Crippen LogP contribution in [0.4, 0.5) is 5.69 Å². The van der Waals surface area contributed by atoms with Crippen LogP contribution in [0.1, 0.15) is 16.1 Å².